The average molecular weight is 323 g/mol. The Labute approximate surface area is 115 Å². The van der Waals surface area contributed by atoms with Crippen LogP contribution >= 0.6 is 15.9 Å². The highest BCUT2D eigenvalue weighted by molar-refractivity contribution is 9.10. The van der Waals surface area contributed by atoms with E-state index < -0.39 is 11.4 Å². The molecule has 0 saturated carbocycles. The van der Waals surface area contributed by atoms with E-state index >= 15 is 0 Å². The van der Waals surface area contributed by atoms with E-state index in [1.165, 1.54) is 12.1 Å². The Morgan fingerprint density at radius 1 is 1.42 bits per heavy atom. The minimum Gasteiger partial charge on any atom is -0.275 e. The third-order valence-electron chi connectivity index (χ3n) is 2.80. The van der Waals surface area contributed by atoms with Crippen LogP contribution in [0.25, 0.3) is 16.7 Å². The molecule has 0 fully saturated rings. The summed E-state index contributed by atoms with van der Waals surface area (Å²) in [4.78, 5) is 12.0. The zero-order chi connectivity index (χ0) is 13.6. The molecule has 1 aromatic carbocycles. The van der Waals surface area contributed by atoms with E-state index in [1.807, 2.05) is 0 Å². The van der Waals surface area contributed by atoms with Crippen LogP contribution in [0.2, 0.25) is 0 Å². The smallest absolute Gasteiger partial charge is 0.273 e. The van der Waals surface area contributed by atoms with Crippen LogP contribution in [0.1, 0.15) is 5.56 Å². The molecule has 3 aromatic rings. The topological polar surface area (TPSA) is 63.6 Å². The van der Waals surface area contributed by atoms with Crippen LogP contribution in [0.4, 0.5) is 4.39 Å². The predicted molar refractivity (Wildman–Crippen MR) is 71.9 cm³/mol. The van der Waals surface area contributed by atoms with Crippen molar-refractivity contribution in [2.45, 2.75) is 6.92 Å². The summed E-state index contributed by atoms with van der Waals surface area (Å²) in [6.07, 6.45) is 0. The van der Waals surface area contributed by atoms with E-state index in [0.717, 1.165) is 4.68 Å². The van der Waals surface area contributed by atoms with E-state index in [0.29, 0.717) is 21.2 Å². The summed E-state index contributed by atoms with van der Waals surface area (Å²) in [5, 5.41) is 10.7. The zero-order valence-corrected chi connectivity index (χ0v) is 11.4. The summed E-state index contributed by atoms with van der Waals surface area (Å²) in [6.45, 7) is 1.72. The Kier molecular flexibility index (Phi) is 2.70. The van der Waals surface area contributed by atoms with Crippen molar-refractivity contribution in [3.63, 3.8) is 0 Å². The quantitative estimate of drug-likeness (QED) is 0.747. The highest BCUT2D eigenvalue weighted by Crippen LogP contribution is 2.19. The number of nitrogens with zero attached hydrogens (tertiary/aromatic N) is 3. The molecule has 7 heteroatoms. The molecule has 0 aliphatic rings. The maximum atomic E-state index is 13.9. The van der Waals surface area contributed by atoms with Crippen molar-refractivity contribution < 1.29 is 4.39 Å². The number of aromatic nitrogens is 4. The number of nitrogens with one attached hydrogen (secondary N) is 1. The number of H-pyrrole nitrogens is 1. The lowest BCUT2D eigenvalue weighted by Gasteiger charge is -2.08. The van der Waals surface area contributed by atoms with Gasteiger partial charge in [0.2, 0.25) is 0 Å². The molecular formula is C12H8BrFN4O. The normalized spacial score (nSPS) is 11.1. The fourth-order valence-electron chi connectivity index (χ4n) is 1.91. The van der Waals surface area contributed by atoms with E-state index in [1.54, 1.807) is 19.1 Å². The number of fused-ring (bicyclic) bond motifs is 1. The molecule has 5 nitrogen and oxygen atoms in total. The van der Waals surface area contributed by atoms with Gasteiger partial charge in [0.05, 0.1) is 5.52 Å². The number of hydrogen-bond donors (Lipinski definition) is 1. The number of hydrogen-bond acceptors (Lipinski definition) is 3. The van der Waals surface area contributed by atoms with E-state index in [2.05, 4.69) is 31.2 Å². The van der Waals surface area contributed by atoms with Crippen LogP contribution in [0.5, 0.6) is 0 Å². The van der Waals surface area contributed by atoms with Gasteiger partial charge >= 0.3 is 0 Å². The molecule has 2 aromatic heterocycles. The molecule has 3 rings (SSSR count). The fraction of sp³-hybridized carbons (Fsp3) is 0.0833. The molecule has 0 aliphatic heterocycles. The Morgan fingerprint density at radius 3 is 2.95 bits per heavy atom. The molecular weight excluding hydrogens is 315 g/mol. The highest BCUT2D eigenvalue weighted by Gasteiger charge is 2.14. The molecule has 0 radical (unpaired) electrons. The van der Waals surface area contributed by atoms with Crippen molar-refractivity contribution >= 4 is 27.0 Å². The lowest BCUT2D eigenvalue weighted by atomic mass is 10.2. The lowest BCUT2D eigenvalue weighted by molar-refractivity contribution is 0.605. The minimum absolute atomic E-state index is 0.155. The van der Waals surface area contributed by atoms with Gasteiger partial charge in [-0.3, -0.25) is 9.89 Å². The first kappa shape index (κ1) is 12.0. The van der Waals surface area contributed by atoms with Crippen molar-refractivity contribution in [3.05, 3.63) is 50.6 Å². The van der Waals surface area contributed by atoms with Gasteiger partial charge < -0.3 is 0 Å². The van der Waals surface area contributed by atoms with Gasteiger partial charge in [-0.1, -0.05) is 12.1 Å². The van der Waals surface area contributed by atoms with Gasteiger partial charge in [-0.05, 0) is 34.5 Å². The third kappa shape index (κ3) is 1.86. The number of halogens is 2. The Morgan fingerprint density at radius 2 is 2.21 bits per heavy atom. The van der Waals surface area contributed by atoms with Crippen LogP contribution in [0.3, 0.4) is 0 Å². The van der Waals surface area contributed by atoms with Gasteiger partial charge in [-0.15, -0.1) is 0 Å². The molecule has 1 N–H and O–H groups in total. The van der Waals surface area contributed by atoms with Gasteiger partial charge in [-0.25, -0.2) is 4.39 Å². The number of benzene rings is 1. The summed E-state index contributed by atoms with van der Waals surface area (Å²) in [5.41, 5.74) is 1.34. The summed E-state index contributed by atoms with van der Waals surface area (Å²) in [6, 6.07) is 5.95. The summed E-state index contributed by atoms with van der Waals surface area (Å²) in [7, 11) is 0. The second kappa shape index (κ2) is 4.27. The molecule has 0 bridgehead atoms. The lowest BCUT2D eigenvalue weighted by Crippen LogP contribution is -2.22. The van der Waals surface area contributed by atoms with Crippen molar-refractivity contribution in [2.75, 3.05) is 0 Å². The molecule has 19 heavy (non-hydrogen) atoms. The fourth-order valence-corrected chi connectivity index (χ4v) is 2.29. The molecule has 0 atom stereocenters. The first-order chi connectivity index (χ1) is 9.08. The standard InChI is InChI=1S/C12H8BrFN4O/c1-6-3-2-4-7(14)11(6)18-9(19)5-8-10(17-18)12(13)16-15-8/h2-5,15H,1H3. The largest absolute Gasteiger partial charge is 0.275 e. The van der Waals surface area contributed by atoms with E-state index in [4.69, 9.17) is 0 Å². The molecule has 0 amide bonds. The van der Waals surface area contributed by atoms with Crippen molar-refractivity contribution in [3.8, 4) is 5.69 Å². The van der Waals surface area contributed by atoms with Crippen molar-refractivity contribution in [2.24, 2.45) is 0 Å². The number of aromatic amines is 1. The van der Waals surface area contributed by atoms with Crippen molar-refractivity contribution in [1.29, 1.82) is 0 Å². The van der Waals surface area contributed by atoms with Gasteiger partial charge in [-0.2, -0.15) is 14.9 Å². The zero-order valence-electron chi connectivity index (χ0n) is 9.82. The number of rotatable bonds is 1. The van der Waals surface area contributed by atoms with E-state index in [-0.39, 0.29) is 5.69 Å². The molecule has 0 unspecified atom stereocenters. The second-order valence-corrected chi connectivity index (χ2v) is 4.83. The molecule has 2 heterocycles. The van der Waals surface area contributed by atoms with E-state index in [9.17, 15) is 9.18 Å². The predicted octanol–water partition coefficient (Wildman–Crippen LogP) is 2.32. The SMILES string of the molecule is Cc1cccc(F)c1-n1nc2c(Br)n[nH]c2cc1=O. The highest BCUT2D eigenvalue weighted by atomic mass is 79.9. The van der Waals surface area contributed by atoms with Gasteiger partial charge in [0.1, 0.15) is 17.0 Å². The summed E-state index contributed by atoms with van der Waals surface area (Å²) >= 11 is 3.22. The van der Waals surface area contributed by atoms with Crippen LogP contribution in [0, 0.1) is 12.7 Å². The molecule has 96 valence electrons. The maximum Gasteiger partial charge on any atom is 0.273 e. The molecule has 0 spiro atoms. The van der Waals surface area contributed by atoms with Crippen molar-refractivity contribution in [1.82, 2.24) is 20.0 Å². The Bertz CT molecular complexity index is 819. The molecule has 0 saturated heterocycles. The molecule has 0 aliphatic carbocycles. The first-order valence-corrected chi connectivity index (χ1v) is 6.26. The Hall–Kier alpha value is -2.02. The number of aryl methyl sites for hydroxylation is 1. The Balaban J connectivity index is 2.39. The first-order valence-electron chi connectivity index (χ1n) is 5.47. The summed E-state index contributed by atoms with van der Waals surface area (Å²) < 4.78 is 15.4. The van der Waals surface area contributed by atoms with Crippen LogP contribution in [-0.2, 0) is 0 Å². The van der Waals surface area contributed by atoms with Crippen LogP contribution in [0.15, 0.2) is 33.7 Å². The van der Waals surface area contributed by atoms with Crippen LogP contribution in [-0.4, -0.2) is 20.0 Å². The second-order valence-electron chi connectivity index (χ2n) is 4.08. The minimum atomic E-state index is -0.492. The summed E-state index contributed by atoms with van der Waals surface area (Å²) in [5.74, 6) is -0.492. The van der Waals surface area contributed by atoms with Gasteiger partial charge in [0, 0.05) is 6.07 Å². The maximum absolute atomic E-state index is 13.9. The average Bonchev–Trinajstić information content (AvgIpc) is 2.70. The number of para-hydroxylation sites is 1. The van der Waals surface area contributed by atoms with Gasteiger partial charge in [0.25, 0.3) is 5.56 Å². The van der Waals surface area contributed by atoms with Crippen LogP contribution < -0.4 is 5.56 Å². The monoisotopic (exact) mass is 322 g/mol. The third-order valence-corrected chi connectivity index (χ3v) is 3.35. The van der Waals surface area contributed by atoms with Gasteiger partial charge in [0.15, 0.2) is 4.60 Å².